The molecule has 1 aromatic heterocycles. The molecule has 1 saturated carbocycles. The van der Waals surface area contributed by atoms with E-state index in [0.29, 0.717) is 12.5 Å². The van der Waals surface area contributed by atoms with Gasteiger partial charge >= 0.3 is 0 Å². The first kappa shape index (κ1) is 13.3. The molecule has 3 aliphatic rings. The van der Waals surface area contributed by atoms with Crippen LogP contribution in [0.2, 0.25) is 0 Å². The molecule has 21 heavy (non-hydrogen) atoms. The number of carbonyl (C=O) groups excluding carboxylic acids is 1. The molecule has 2 fully saturated rings. The highest BCUT2D eigenvalue weighted by molar-refractivity contribution is 6.15. The fourth-order valence-corrected chi connectivity index (χ4v) is 3.65. The molecule has 0 N–H and O–H groups in total. The smallest absolute Gasteiger partial charge is 0.172 e. The van der Waals surface area contributed by atoms with Crippen LogP contribution in [0.3, 0.4) is 0 Å². The van der Waals surface area contributed by atoms with Gasteiger partial charge in [0.2, 0.25) is 0 Å². The van der Waals surface area contributed by atoms with Gasteiger partial charge in [0.25, 0.3) is 0 Å². The molecule has 2 aliphatic heterocycles. The topological polar surface area (TPSA) is 43.6 Å². The monoisotopic (exact) mass is 286 g/mol. The van der Waals surface area contributed by atoms with Crippen LogP contribution < -0.4 is 0 Å². The average Bonchev–Trinajstić information content (AvgIpc) is 2.88. The van der Waals surface area contributed by atoms with Gasteiger partial charge in [-0.3, -0.25) is 4.79 Å². The molecule has 0 amide bonds. The zero-order chi connectivity index (χ0) is 14.2. The van der Waals surface area contributed by atoms with Crippen LogP contribution in [0.25, 0.3) is 0 Å². The lowest BCUT2D eigenvalue weighted by Gasteiger charge is -2.28. The second-order valence-electron chi connectivity index (χ2n) is 6.58. The van der Waals surface area contributed by atoms with Crippen molar-refractivity contribution in [3.05, 3.63) is 17.8 Å². The predicted octanol–water partition coefficient (Wildman–Crippen LogP) is 3.69. The van der Waals surface area contributed by atoms with Gasteiger partial charge < -0.3 is 9.30 Å². The molecule has 3 heterocycles. The number of ether oxygens (including phenoxy) is 1. The molecule has 1 aliphatic carbocycles. The first-order valence-electron chi connectivity index (χ1n) is 8.19. The summed E-state index contributed by atoms with van der Waals surface area (Å²) in [5.41, 5.74) is 1.92. The number of hydrogen-bond donors (Lipinski definition) is 0. The maximum atomic E-state index is 12.4. The van der Waals surface area contributed by atoms with Crippen molar-refractivity contribution in [3.8, 4) is 0 Å². The minimum atomic E-state index is 0.250. The van der Waals surface area contributed by atoms with E-state index in [1.54, 1.807) is 0 Å². The SMILES string of the molecule is O=C1CC(CC2CCC2)=Nc2c1ccn2C1CCOCC1. The van der Waals surface area contributed by atoms with Crippen molar-refractivity contribution in [1.29, 1.82) is 0 Å². The van der Waals surface area contributed by atoms with Gasteiger partial charge in [-0.1, -0.05) is 19.3 Å². The standard InChI is InChI=1S/C17H22N2O2/c20-16-11-13(10-12-2-1-3-12)18-17-15(16)4-7-19(17)14-5-8-21-9-6-14/h4,7,12,14H,1-3,5-6,8-11H2. The van der Waals surface area contributed by atoms with Gasteiger partial charge in [0, 0.05) is 37.6 Å². The van der Waals surface area contributed by atoms with Crippen molar-refractivity contribution < 1.29 is 9.53 Å². The second-order valence-corrected chi connectivity index (χ2v) is 6.58. The van der Waals surface area contributed by atoms with Crippen LogP contribution in [-0.2, 0) is 4.74 Å². The third-order valence-corrected chi connectivity index (χ3v) is 5.15. The number of rotatable bonds is 3. The van der Waals surface area contributed by atoms with Crippen LogP contribution in [-0.4, -0.2) is 29.3 Å². The molecule has 4 heteroatoms. The molecule has 1 saturated heterocycles. The Balaban J connectivity index is 1.62. The van der Waals surface area contributed by atoms with Gasteiger partial charge in [0.1, 0.15) is 5.82 Å². The quantitative estimate of drug-likeness (QED) is 0.850. The summed E-state index contributed by atoms with van der Waals surface area (Å²) in [5, 5.41) is 0. The maximum Gasteiger partial charge on any atom is 0.172 e. The summed E-state index contributed by atoms with van der Waals surface area (Å²) < 4.78 is 7.66. The van der Waals surface area contributed by atoms with Crippen LogP contribution in [0.4, 0.5) is 5.82 Å². The van der Waals surface area contributed by atoms with Gasteiger partial charge in [0.15, 0.2) is 5.78 Å². The first-order valence-corrected chi connectivity index (χ1v) is 8.19. The lowest BCUT2D eigenvalue weighted by atomic mass is 9.80. The van der Waals surface area contributed by atoms with Crippen molar-refractivity contribution in [2.75, 3.05) is 13.2 Å². The molecule has 0 unspecified atom stereocenters. The summed E-state index contributed by atoms with van der Waals surface area (Å²) in [7, 11) is 0. The van der Waals surface area contributed by atoms with E-state index in [1.165, 1.54) is 19.3 Å². The summed E-state index contributed by atoms with van der Waals surface area (Å²) in [6.45, 7) is 1.62. The third-order valence-electron chi connectivity index (χ3n) is 5.15. The van der Waals surface area contributed by atoms with E-state index in [4.69, 9.17) is 9.73 Å². The van der Waals surface area contributed by atoms with Crippen molar-refractivity contribution in [2.24, 2.45) is 10.9 Å². The van der Waals surface area contributed by atoms with Gasteiger partial charge in [-0.15, -0.1) is 0 Å². The lowest BCUT2D eigenvalue weighted by Crippen LogP contribution is -2.22. The van der Waals surface area contributed by atoms with Crippen molar-refractivity contribution in [1.82, 2.24) is 4.57 Å². The Morgan fingerprint density at radius 2 is 2.05 bits per heavy atom. The molecule has 4 nitrogen and oxygen atoms in total. The maximum absolute atomic E-state index is 12.4. The number of carbonyl (C=O) groups is 1. The fourth-order valence-electron chi connectivity index (χ4n) is 3.65. The minimum absolute atomic E-state index is 0.250. The number of aromatic nitrogens is 1. The number of ketones is 1. The fraction of sp³-hybridized carbons (Fsp3) is 0.647. The van der Waals surface area contributed by atoms with Crippen LogP contribution in [0.5, 0.6) is 0 Å². The Morgan fingerprint density at radius 3 is 2.76 bits per heavy atom. The zero-order valence-electron chi connectivity index (χ0n) is 12.4. The van der Waals surface area contributed by atoms with Crippen molar-refractivity contribution in [3.63, 3.8) is 0 Å². The molecular formula is C17H22N2O2. The van der Waals surface area contributed by atoms with E-state index in [2.05, 4.69) is 4.57 Å². The Kier molecular flexibility index (Phi) is 3.42. The summed E-state index contributed by atoms with van der Waals surface area (Å²) in [4.78, 5) is 17.2. The molecule has 1 aromatic rings. The summed E-state index contributed by atoms with van der Waals surface area (Å²) in [5.74, 6) is 1.93. The van der Waals surface area contributed by atoms with Crippen LogP contribution in [0.15, 0.2) is 17.3 Å². The first-order chi connectivity index (χ1) is 10.3. The minimum Gasteiger partial charge on any atom is -0.381 e. The average molecular weight is 286 g/mol. The van der Waals surface area contributed by atoms with E-state index in [-0.39, 0.29) is 5.78 Å². The normalized spacial score (nSPS) is 23.6. The highest BCUT2D eigenvalue weighted by Gasteiger charge is 2.28. The Bertz CT molecular complexity index is 578. The molecular weight excluding hydrogens is 264 g/mol. The largest absolute Gasteiger partial charge is 0.381 e. The highest BCUT2D eigenvalue weighted by Crippen LogP contribution is 2.36. The second kappa shape index (κ2) is 5.41. The van der Waals surface area contributed by atoms with Crippen molar-refractivity contribution >= 4 is 17.3 Å². The Morgan fingerprint density at radius 1 is 1.24 bits per heavy atom. The third kappa shape index (κ3) is 2.46. The molecule has 0 radical (unpaired) electrons. The molecule has 112 valence electrons. The van der Waals surface area contributed by atoms with Gasteiger partial charge in [-0.25, -0.2) is 4.99 Å². The summed E-state index contributed by atoms with van der Waals surface area (Å²) >= 11 is 0. The van der Waals surface area contributed by atoms with Gasteiger partial charge in [0.05, 0.1) is 5.56 Å². The molecule has 0 atom stereocenters. The Hall–Kier alpha value is -1.42. The summed E-state index contributed by atoms with van der Waals surface area (Å²) in [6, 6.07) is 2.39. The van der Waals surface area contributed by atoms with Crippen LogP contribution in [0, 0.1) is 5.92 Å². The number of fused-ring (bicyclic) bond motifs is 1. The number of aliphatic imine (C=N–C) groups is 1. The van der Waals surface area contributed by atoms with Gasteiger partial charge in [-0.2, -0.15) is 0 Å². The molecule has 0 aromatic carbocycles. The van der Waals surface area contributed by atoms with E-state index in [9.17, 15) is 4.79 Å². The molecule has 0 bridgehead atoms. The van der Waals surface area contributed by atoms with Gasteiger partial charge in [-0.05, 0) is 31.2 Å². The number of Topliss-reactive ketones (excluding diaryl/α,β-unsaturated/α-hetero) is 1. The molecule has 4 rings (SSSR count). The zero-order valence-corrected chi connectivity index (χ0v) is 12.4. The van der Waals surface area contributed by atoms with Crippen LogP contribution >= 0.6 is 0 Å². The lowest BCUT2D eigenvalue weighted by molar-refractivity contribution is 0.0700. The van der Waals surface area contributed by atoms with E-state index >= 15 is 0 Å². The van der Waals surface area contributed by atoms with E-state index < -0.39 is 0 Å². The summed E-state index contributed by atoms with van der Waals surface area (Å²) in [6.07, 6.45) is 9.59. The predicted molar refractivity (Wildman–Crippen MR) is 81.5 cm³/mol. The van der Waals surface area contributed by atoms with E-state index in [0.717, 1.165) is 55.5 Å². The highest BCUT2D eigenvalue weighted by atomic mass is 16.5. The molecule has 0 spiro atoms. The number of nitrogens with zero attached hydrogens (tertiary/aromatic N) is 2. The Labute approximate surface area is 125 Å². The van der Waals surface area contributed by atoms with Crippen molar-refractivity contribution in [2.45, 2.75) is 51.0 Å². The number of hydrogen-bond acceptors (Lipinski definition) is 3. The van der Waals surface area contributed by atoms with E-state index in [1.807, 2.05) is 12.3 Å². The van der Waals surface area contributed by atoms with Crippen LogP contribution in [0.1, 0.15) is 61.3 Å².